The van der Waals surface area contributed by atoms with Crippen LogP contribution in [0, 0.1) is 21.8 Å². The standard InChI is InChI=1S/C20H20IN5O/c1-15-12-17(21)5-6-18(15)24-20(27)16(13-22)14-25-8-10-26(11-9-25)19-4-2-3-7-23-19/h2-7,12,14H,8-11H2,1H3,(H,24,27)/b16-14-. The molecule has 1 N–H and O–H groups in total. The largest absolute Gasteiger partial charge is 0.373 e. The lowest BCUT2D eigenvalue weighted by atomic mass is 10.2. The third-order valence-corrected chi connectivity index (χ3v) is 5.07. The molecule has 0 aliphatic carbocycles. The van der Waals surface area contributed by atoms with Gasteiger partial charge in [-0.25, -0.2) is 4.98 Å². The summed E-state index contributed by atoms with van der Waals surface area (Å²) < 4.78 is 1.10. The van der Waals surface area contributed by atoms with Crippen LogP contribution in [0.4, 0.5) is 11.5 Å². The minimum Gasteiger partial charge on any atom is -0.373 e. The van der Waals surface area contributed by atoms with E-state index in [1.165, 1.54) is 0 Å². The number of carbonyl (C=O) groups excluding carboxylic acids is 1. The number of rotatable bonds is 4. The van der Waals surface area contributed by atoms with E-state index in [1.807, 2.05) is 54.3 Å². The summed E-state index contributed by atoms with van der Waals surface area (Å²) >= 11 is 2.23. The van der Waals surface area contributed by atoms with E-state index in [1.54, 1.807) is 12.4 Å². The van der Waals surface area contributed by atoms with E-state index < -0.39 is 0 Å². The maximum atomic E-state index is 12.5. The van der Waals surface area contributed by atoms with Crippen molar-refractivity contribution in [3.63, 3.8) is 0 Å². The fourth-order valence-corrected chi connectivity index (χ4v) is 3.55. The number of piperazine rings is 1. The number of pyridine rings is 1. The fourth-order valence-electron chi connectivity index (χ4n) is 2.90. The Morgan fingerprint density at radius 3 is 2.67 bits per heavy atom. The zero-order valence-electron chi connectivity index (χ0n) is 15.0. The second-order valence-electron chi connectivity index (χ2n) is 6.28. The highest BCUT2D eigenvalue weighted by Crippen LogP contribution is 2.19. The van der Waals surface area contributed by atoms with Gasteiger partial charge in [-0.3, -0.25) is 4.79 Å². The quantitative estimate of drug-likeness (QED) is 0.420. The number of hydrogen-bond donors (Lipinski definition) is 1. The molecule has 1 aliphatic heterocycles. The van der Waals surface area contributed by atoms with Crippen LogP contribution in [0.1, 0.15) is 5.56 Å². The van der Waals surface area contributed by atoms with Gasteiger partial charge in [0.05, 0.1) is 0 Å². The molecule has 1 aliphatic rings. The van der Waals surface area contributed by atoms with Crippen molar-refractivity contribution < 1.29 is 4.79 Å². The maximum absolute atomic E-state index is 12.5. The van der Waals surface area contributed by atoms with Gasteiger partial charge in [-0.2, -0.15) is 5.26 Å². The van der Waals surface area contributed by atoms with Gasteiger partial charge in [0.1, 0.15) is 17.5 Å². The van der Waals surface area contributed by atoms with Crippen LogP contribution in [0.25, 0.3) is 0 Å². The second kappa shape index (κ2) is 8.86. The molecular weight excluding hydrogens is 453 g/mol. The molecule has 1 amide bonds. The molecule has 6 nitrogen and oxygen atoms in total. The van der Waals surface area contributed by atoms with Crippen LogP contribution in [0.2, 0.25) is 0 Å². The third kappa shape index (κ3) is 4.98. The minimum absolute atomic E-state index is 0.110. The summed E-state index contributed by atoms with van der Waals surface area (Å²) in [7, 11) is 0. The predicted molar refractivity (Wildman–Crippen MR) is 114 cm³/mol. The van der Waals surface area contributed by atoms with Crippen molar-refractivity contribution in [2.75, 3.05) is 36.4 Å². The Kier molecular flexibility index (Phi) is 6.29. The molecule has 2 heterocycles. The van der Waals surface area contributed by atoms with E-state index in [0.29, 0.717) is 0 Å². The SMILES string of the molecule is Cc1cc(I)ccc1NC(=O)/C(C#N)=C\N1CCN(c2ccccn2)CC1. The summed E-state index contributed by atoms with van der Waals surface area (Å²) in [5, 5.41) is 12.3. The van der Waals surface area contributed by atoms with E-state index in [4.69, 9.17) is 0 Å². The molecule has 0 radical (unpaired) electrons. The van der Waals surface area contributed by atoms with Crippen molar-refractivity contribution in [2.24, 2.45) is 0 Å². The molecule has 27 heavy (non-hydrogen) atoms. The van der Waals surface area contributed by atoms with Crippen LogP contribution in [-0.2, 0) is 4.79 Å². The number of amides is 1. The summed E-state index contributed by atoms with van der Waals surface area (Å²) in [5.41, 5.74) is 1.80. The summed E-state index contributed by atoms with van der Waals surface area (Å²) in [6.07, 6.45) is 3.44. The highest BCUT2D eigenvalue weighted by molar-refractivity contribution is 14.1. The first kappa shape index (κ1) is 19.2. The van der Waals surface area contributed by atoms with Gasteiger partial charge in [0.2, 0.25) is 0 Å². The fraction of sp³-hybridized carbons (Fsp3) is 0.250. The van der Waals surface area contributed by atoms with Crippen LogP contribution in [-0.4, -0.2) is 42.0 Å². The van der Waals surface area contributed by atoms with Crippen LogP contribution >= 0.6 is 22.6 Å². The van der Waals surface area contributed by atoms with Gasteiger partial charge in [0.15, 0.2) is 0 Å². The number of benzene rings is 1. The molecule has 1 aromatic carbocycles. The molecule has 2 aromatic rings. The number of nitriles is 1. The molecule has 1 aromatic heterocycles. The zero-order chi connectivity index (χ0) is 19.2. The Morgan fingerprint density at radius 2 is 2.04 bits per heavy atom. The van der Waals surface area contributed by atoms with Crippen LogP contribution in [0.15, 0.2) is 54.4 Å². The van der Waals surface area contributed by atoms with Gasteiger partial charge in [-0.1, -0.05) is 6.07 Å². The van der Waals surface area contributed by atoms with E-state index in [-0.39, 0.29) is 11.5 Å². The Balaban J connectivity index is 1.63. The summed E-state index contributed by atoms with van der Waals surface area (Å²) in [4.78, 5) is 21.1. The van der Waals surface area contributed by atoms with E-state index in [0.717, 1.165) is 46.8 Å². The van der Waals surface area contributed by atoms with Crippen LogP contribution in [0.5, 0.6) is 0 Å². The molecule has 0 spiro atoms. The van der Waals surface area contributed by atoms with Crippen molar-refractivity contribution in [2.45, 2.75) is 6.92 Å². The average Bonchev–Trinajstić information content (AvgIpc) is 2.69. The van der Waals surface area contributed by atoms with Crippen molar-refractivity contribution in [3.05, 3.63) is 63.5 Å². The van der Waals surface area contributed by atoms with Gasteiger partial charge in [-0.15, -0.1) is 0 Å². The molecule has 1 fully saturated rings. The molecule has 3 rings (SSSR count). The molecule has 0 atom stereocenters. The number of halogens is 1. The summed E-state index contributed by atoms with van der Waals surface area (Å²) in [5.74, 6) is 0.572. The number of aromatic nitrogens is 1. The maximum Gasteiger partial charge on any atom is 0.267 e. The first-order valence-electron chi connectivity index (χ1n) is 8.66. The van der Waals surface area contributed by atoms with Crippen molar-refractivity contribution in [1.29, 1.82) is 5.26 Å². The number of nitrogens with zero attached hydrogens (tertiary/aromatic N) is 4. The van der Waals surface area contributed by atoms with Gasteiger partial charge < -0.3 is 15.1 Å². The van der Waals surface area contributed by atoms with Crippen molar-refractivity contribution >= 4 is 40.0 Å². The number of nitrogens with one attached hydrogen (secondary N) is 1. The highest BCUT2D eigenvalue weighted by Gasteiger charge is 2.18. The highest BCUT2D eigenvalue weighted by atomic mass is 127. The Bertz CT molecular complexity index is 883. The smallest absolute Gasteiger partial charge is 0.267 e. The molecule has 0 saturated carbocycles. The van der Waals surface area contributed by atoms with Gasteiger partial charge >= 0.3 is 0 Å². The van der Waals surface area contributed by atoms with E-state index in [9.17, 15) is 10.1 Å². The predicted octanol–water partition coefficient (Wildman–Crippen LogP) is 3.16. The summed E-state index contributed by atoms with van der Waals surface area (Å²) in [6, 6.07) is 13.7. The van der Waals surface area contributed by atoms with Crippen molar-refractivity contribution in [1.82, 2.24) is 9.88 Å². The lowest BCUT2D eigenvalue weighted by molar-refractivity contribution is -0.112. The Morgan fingerprint density at radius 1 is 1.26 bits per heavy atom. The Labute approximate surface area is 172 Å². The monoisotopic (exact) mass is 473 g/mol. The molecular formula is C20H20IN5O. The van der Waals surface area contributed by atoms with Crippen molar-refractivity contribution in [3.8, 4) is 6.07 Å². The first-order valence-corrected chi connectivity index (χ1v) is 9.74. The summed E-state index contributed by atoms with van der Waals surface area (Å²) in [6.45, 7) is 4.99. The molecule has 138 valence electrons. The number of hydrogen-bond acceptors (Lipinski definition) is 5. The van der Waals surface area contributed by atoms with Gasteiger partial charge in [-0.05, 0) is 65.4 Å². The lowest BCUT2D eigenvalue weighted by Gasteiger charge is -2.34. The third-order valence-electron chi connectivity index (χ3n) is 4.40. The number of aryl methyl sites for hydroxylation is 1. The van der Waals surface area contributed by atoms with E-state index >= 15 is 0 Å². The second-order valence-corrected chi connectivity index (χ2v) is 7.52. The lowest BCUT2D eigenvalue weighted by Crippen LogP contribution is -2.44. The minimum atomic E-state index is -0.381. The molecule has 7 heteroatoms. The van der Waals surface area contributed by atoms with Crippen LogP contribution < -0.4 is 10.2 Å². The number of anilines is 2. The molecule has 0 unspecified atom stereocenters. The zero-order valence-corrected chi connectivity index (χ0v) is 17.2. The van der Waals surface area contributed by atoms with Gasteiger partial charge in [0.25, 0.3) is 5.91 Å². The molecule has 1 saturated heterocycles. The van der Waals surface area contributed by atoms with Gasteiger partial charge in [0, 0.05) is 47.8 Å². The average molecular weight is 473 g/mol. The molecule has 0 bridgehead atoms. The van der Waals surface area contributed by atoms with Crippen LogP contribution in [0.3, 0.4) is 0 Å². The first-order chi connectivity index (χ1) is 13.1. The Hall–Kier alpha value is -2.60. The van der Waals surface area contributed by atoms with E-state index in [2.05, 4.69) is 37.8 Å². The number of carbonyl (C=O) groups is 1. The normalized spacial score (nSPS) is 14.6. The topological polar surface area (TPSA) is 72.3 Å².